The normalized spacial score (nSPS) is 11.4. The standard InChI is InChI=1S/3C41H25N5O/c1-3-10-26(11-4-1)27-17-21-30(22-18-27)39-44-38(29-12-5-2-6-13-29)45-40(46-39)31-23-19-28(20-24-31)35-36-32-14-7-8-16-34(32)47-41(36)43-33-15-9-25-42-37(33)35;1-3-9-26(10-4-1)27-15-19-31(20-16-27)40-44-39(30-12-5-2-6-13-30)45-41(46-40)32-21-17-29(18-22-32)36-38-37(43-25-42-36)35-33-14-8-7-11-28(33)23-24-34(35)47-38;1-3-9-26(10-4-1)27-15-19-30(20-16-27)39-44-38(29-11-5-2-6-12-29)45-40(46-39)31-21-17-28(18-22-31)32-23-24-36-33(25-32)37-41(47-36)43-35-14-8-7-13-34(35)42-37/h3*1-25H. The number of furan rings is 3. The average molecular weight is 1810 g/mol. The zero-order chi connectivity index (χ0) is 93.5. The lowest BCUT2D eigenvalue weighted by atomic mass is 9.98. The third kappa shape index (κ3) is 16.4. The molecule has 17 aromatic carbocycles. The molecule has 27 aromatic rings. The van der Waals surface area contributed by atoms with Crippen molar-refractivity contribution in [2.45, 2.75) is 0 Å². The summed E-state index contributed by atoms with van der Waals surface area (Å²) in [6.07, 6.45) is 3.41. The van der Waals surface area contributed by atoms with Gasteiger partial charge >= 0.3 is 0 Å². The molecule has 0 atom stereocenters. The van der Waals surface area contributed by atoms with Gasteiger partial charge in [0.25, 0.3) is 0 Å². The van der Waals surface area contributed by atoms with Crippen LogP contribution >= 0.6 is 0 Å². The highest BCUT2D eigenvalue weighted by molar-refractivity contribution is 6.20. The third-order valence-electron chi connectivity index (χ3n) is 25.3. The topological polar surface area (TPSA) is 233 Å². The Morgan fingerprint density at radius 1 is 0.170 bits per heavy atom. The van der Waals surface area contributed by atoms with Gasteiger partial charge in [0.1, 0.15) is 39.8 Å². The first-order valence-electron chi connectivity index (χ1n) is 46.3. The number of fused-ring (bicyclic) bond motifs is 13. The smallest absolute Gasteiger partial charge is 0.246 e. The fraction of sp³-hybridized carbons (Fsp3) is 0. The number of nitrogens with zero attached hydrogens (tertiary/aromatic N) is 15. The molecule has 0 radical (unpaired) electrons. The number of rotatable bonds is 15. The second-order valence-corrected chi connectivity index (χ2v) is 34.1. The van der Waals surface area contributed by atoms with E-state index < -0.39 is 0 Å². The first kappa shape index (κ1) is 83.3. The molecule has 141 heavy (non-hydrogen) atoms. The molecule has 0 fully saturated rings. The van der Waals surface area contributed by atoms with Crippen molar-refractivity contribution < 1.29 is 13.3 Å². The van der Waals surface area contributed by atoms with Gasteiger partial charge in [0.15, 0.2) is 58.0 Å². The molecule has 10 aromatic heterocycles. The van der Waals surface area contributed by atoms with E-state index in [0.29, 0.717) is 69.4 Å². The maximum Gasteiger partial charge on any atom is 0.246 e. The molecule has 0 saturated heterocycles. The van der Waals surface area contributed by atoms with Crippen LogP contribution in [-0.2, 0) is 0 Å². The predicted molar refractivity (Wildman–Crippen MR) is 562 cm³/mol. The zero-order valence-corrected chi connectivity index (χ0v) is 75.2. The van der Waals surface area contributed by atoms with Gasteiger partial charge in [0, 0.05) is 78.2 Å². The van der Waals surface area contributed by atoms with Crippen LogP contribution in [0.4, 0.5) is 0 Å². The van der Waals surface area contributed by atoms with E-state index in [-0.39, 0.29) is 0 Å². The van der Waals surface area contributed by atoms with Crippen LogP contribution in [0, 0.1) is 0 Å². The van der Waals surface area contributed by atoms with E-state index in [0.717, 1.165) is 188 Å². The van der Waals surface area contributed by atoms with E-state index in [1.807, 2.05) is 249 Å². The Balaban J connectivity index is 0.000000111. The number of pyridine rings is 2. The fourth-order valence-corrected chi connectivity index (χ4v) is 18.2. The van der Waals surface area contributed by atoms with E-state index >= 15 is 0 Å². The molecule has 0 bridgehead atoms. The van der Waals surface area contributed by atoms with E-state index in [4.69, 9.17) is 78.0 Å². The summed E-state index contributed by atoms with van der Waals surface area (Å²) in [4.78, 5) is 72.7. The van der Waals surface area contributed by atoms with Gasteiger partial charge in [-0.2, -0.15) is 0 Å². The Kier molecular flexibility index (Phi) is 21.4. The van der Waals surface area contributed by atoms with E-state index in [2.05, 4.69) is 204 Å². The Morgan fingerprint density at radius 2 is 0.496 bits per heavy atom. The van der Waals surface area contributed by atoms with Gasteiger partial charge in [-0.25, -0.2) is 69.8 Å². The first-order chi connectivity index (χ1) is 69.8. The Labute approximate surface area is 806 Å². The zero-order valence-electron chi connectivity index (χ0n) is 75.2. The third-order valence-corrected chi connectivity index (χ3v) is 25.3. The lowest BCUT2D eigenvalue weighted by Gasteiger charge is -2.11. The molecular formula is C123H75N15O3. The van der Waals surface area contributed by atoms with E-state index in [9.17, 15) is 0 Å². The minimum atomic E-state index is 0.542. The van der Waals surface area contributed by atoms with Crippen LogP contribution in [0.2, 0.25) is 0 Å². The minimum Gasteiger partial charge on any atom is -0.452 e. The highest BCUT2D eigenvalue weighted by Gasteiger charge is 2.24. The van der Waals surface area contributed by atoms with Gasteiger partial charge < -0.3 is 13.3 Å². The van der Waals surface area contributed by atoms with E-state index in [1.165, 1.54) is 11.1 Å². The van der Waals surface area contributed by atoms with Crippen molar-refractivity contribution in [3.05, 3.63) is 455 Å². The maximum atomic E-state index is 6.37. The minimum absolute atomic E-state index is 0.542. The van der Waals surface area contributed by atoms with Gasteiger partial charge in [0.05, 0.1) is 32.8 Å². The molecule has 0 aliphatic rings. The molecule has 10 heterocycles. The molecule has 0 amide bonds. The number of hydrogen-bond donors (Lipinski definition) is 0. The summed E-state index contributed by atoms with van der Waals surface area (Å²) in [5.41, 5.74) is 29.9. The fourth-order valence-electron chi connectivity index (χ4n) is 18.2. The van der Waals surface area contributed by atoms with Crippen LogP contribution in [0.15, 0.2) is 469 Å². The molecule has 0 aliphatic heterocycles. The summed E-state index contributed by atoms with van der Waals surface area (Å²) in [5, 5.41) is 6.15. The van der Waals surface area contributed by atoms with Crippen LogP contribution in [0.1, 0.15) is 0 Å². The van der Waals surface area contributed by atoms with Crippen LogP contribution in [0.5, 0.6) is 0 Å². The van der Waals surface area contributed by atoms with Crippen molar-refractivity contribution in [2.24, 2.45) is 0 Å². The average Bonchev–Trinajstić information content (AvgIpc) is 1.60. The molecule has 18 heteroatoms. The number of aromatic nitrogens is 15. The SMILES string of the molecule is c1ccc(-c2ccc(-c3nc(-c4ccccc4)nc(-c4ccc(-c5c6ncccc6nc6oc7ccccc7c56)cc4)n3)cc2)cc1.c1ccc(-c2ccc(-c3nc(-c4ccccc4)nc(-c4ccc(-c5ccc6oc7nc8ccccc8nc7c6c5)cc4)n3)cc2)cc1.c1ccc(-c2ccc(-c3nc(-c4ccccc4)nc(-c4ccc(-c5ncnc6c5oc5ccc7ccccc7c56)cc4)n3)cc2)cc1. The summed E-state index contributed by atoms with van der Waals surface area (Å²) in [6.45, 7) is 0. The largest absolute Gasteiger partial charge is 0.452 e. The molecule has 18 nitrogen and oxygen atoms in total. The van der Waals surface area contributed by atoms with Gasteiger partial charge in [-0.3, -0.25) is 4.98 Å². The highest BCUT2D eigenvalue weighted by Crippen LogP contribution is 2.44. The Bertz CT molecular complexity index is 9350. The second-order valence-electron chi connectivity index (χ2n) is 34.1. The molecule has 0 N–H and O–H groups in total. The lowest BCUT2D eigenvalue weighted by Crippen LogP contribution is -2.00. The number of hydrogen-bond acceptors (Lipinski definition) is 18. The monoisotopic (exact) mass is 1810 g/mol. The van der Waals surface area contributed by atoms with Crippen molar-refractivity contribution in [1.82, 2.24) is 74.8 Å². The maximum absolute atomic E-state index is 6.37. The predicted octanol–water partition coefficient (Wildman–Crippen LogP) is 30.1. The molecule has 0 spiro atoms. The van der Waals surface area contributed by atoms with Crippen LogP contribution in [0.3, 0.4) is 0 Å². The van der Waals surface area contributed by atoms with Gasteiger partial charge in [0.2, 0.25) is 11.4 Å². The van der Waals surface area contributed by atoms with Gasteiger partial charge in [-0.15, -0.1) is 0 Å². The summed E-state index contributed by atoms with van der Waals surface area (Å²) < 4.78 is 18.6. The van der Waals surface area contributed by atoms with Gasteiger partial charge in [-0.1, -0.05) is 394 Å². The Morgan fingerprint density at radius 3 is 0.957 bits per heavy atom. The van der Waals surface area contributed by atoms with Crippen molar-refractivity contribution in [2.75, 3.05) is 0 Å². The van der Waals surface area contributed by atoms with Crippen molar-refractivity contribution in [3.8, 4) is 169 Å². The van der Waals surface area contributed by atoms with Crippen molar-refractivity contribution >= 4 is 99.2 Å². The lowest BCUT2D eigenvalue weighted by molar-refractivity contribution is 0.655. The summed E-state index contributed by atoms with van der Waals surface area (Å²) in [5.74, 6) is 5.55. The molecular weight excluding hydrogens is 1740 g/mol. The quantitative estimate of drug-likeness (QED) is 0.0928. The van der Waals surface area contributed by atoms with Crippen molar-refractivity contribution in [1.29, 1.82) is 0 Å². The number of benzene rings is 17. The molecule has 0 saturated carbocycles. The molecule has 27 rings (SSSR count). The van der Waals surface area contributed by atoms with Crippen molar-refractivity contribution in [3.63, 3.8) is 0 Å². The number of para-hydroxylation sites is 3. The summed E-state index contributed by atoms with van der Waals surface area (Å²) in [6, 6.07) is 149. The summed E-state index contributed by atoms with van der Waals surface area (Å²) >= 11 is 0. The van der Waals surface area contributed by atoms with Crippen LogP contribution in [0.25, 0.3) is 269 Å². The molecule has 660 valence electrons. The highest BCUT2D eigenvalue weighted by atomic mass is 16.3. The Hall–Kier alpha value is -19.6. The van der Waals surface area contributed by atoms with Crippen LogP contribution < -0.4 is 0 Å². The van der Waals surface area contributed by atoms with Gasteiger partial charge in [-0.05, 0) is 109 Å². The molecule has 0 unspecified atom stereocenters. The molecule has 0 aliphatic carbocycles. The van der Waals surface area contributed by atoms with Crippen LogP contribution in [-0.4, -0.2) is 74.8 Å². The second kappa shape index (κ2) is 36.3. The first-order valence-corrected chi connectivity index (χ1v) is 46.3. The van der Waals surface area contributed by atoms with E-state index in [1.54, 1.807) is 12.5 Å². The summed E-state index contributed by atoms with van der Waals surface area (Å²) in [7, 11) is 0.